The maximum Gasteiger partial charge on any atom is 0.0344 e. The molecule has 0 spiro atoms. The number of alkyl halides is 1. The lowest BCUT2D eigenvalue weighted by atomic mass is 9.81. The summed E-state index contributed by atoms with van der Waals surface area (Å²) in [6.45, 7) is 4.17. The molecule has 0 radical (unpaired) electrons. The lowest BCUT2D eigenvalue weighted by molar-refractivity contribution is 0.458. The van der Waals surface area contributed by atoms with E-state index < -0.39 is 0 Å². The van der Waals surface area contributed by atoms with Crippen LogP contribution in [0.1, 0.15) is 24.8 Å². The van der Waals surface area contributed by atoms with Crippen molar-refractivity contribution >= 4 is 11.6 Å². The summed E-state index contributed by atoms with van der Waals surface area (Å²) in [4.78, 5) is 0. The van der Waals surface area contributed by atoms with E-state index in [2.05, 4.69) is 36.9 Å². The summed E-state index contributed by atoms with van der Waals surface area (Å²) in [5.74, 6) is 0.587. The van der Waals surface area contributed by atoms with Crippen LogP contribution in [0.2, 0.25) is 0 Å². The predicted octanol–water partition coefficient (Wildman–Crippen LogP) is 4.19. The summed E-state index contributed by atoms with van der Waals surface area (Å²) in [6, 6.07) is 10.6. The zero-order valence-electron chi connectivity index (χ0n) is 8.95. The average molecular weight is 221 g/mol. The second kappa shape index (κ2) is 4.85. The molecule has 0 N–H and O–H groups in total. The van der Waals surface area contributed by atoms with Crippen molar-refractivity contribution in [3.05, 3.63) is 48.0 Å². The van der Waals surface area contributed by atoms with Crippen LogP contribution in [0.5, 0.6) is 0 Å². The Morgan fingerprint density at radius 3 is 2.73 bits per heavy atom. The van der Waals surface area contributed by atoms with Gasteiger partial charge in [0.05, 0.1) is 0 Å². The highest BCUT2D eigenvalue weighted by atomic mass is 35.5. The third-order valence-corrected chi connectivity index (χ3v) is 3.62. The fourth-order valence-corrected chi connectivity index (χ4v) is 2.59. The quantitative estimate of drug-likeness (QED) is 0.518. The Morgan fingerprint density at radius 1 is 1.27 bits per heavy atom. The van der Waals surface area contributed by atoms with Crippen LogP contribution in [-0.2, 0) is 6.42 Å². The van der Waals surface area contributed by atoms with Crippen molar-refractivity contribution in [1.29, 1.82) is 0 Å². The van der Waals surface area contributed by atoms with Gasteiger partial charge in [0.1, 0.15) is 0 Å². The molecule has 2 atom stereocenters. The standard InChI is InChI=1S/C14H17Cl/c1-11-7-8-14(15)10-13(11)9-12-5-3-2-4-6-12/h2-6,13-14H,1,7-10H2. The molecular weight excluding hydrogens is 204 g/mol. The van der Waals surface area contributed by atoms with Crippen LogP contribution in [0.4, 0.5) is 0 Å². The molecule has 1 aromatic carbocycles. The Kier molecular flexibility index (Phi) is 3.48. The molecule has 15 heavy (non-hydrogen) atoms. The Balaban J connectivity index is 2.01. The van der Waals surface area contributed by atoms with Gasteiger partial charge in [-0.15, -0.1) is 11.6 Å². The second-order valence-electron chi connectivity index (χ2n) is 4.42. The number of halogens is 1. The van der Waals surface area contributed by atoms with Gasteiger partial charge in [0.2, 0.25) is 0 Å². The van der Waals surface area contributed by atoms with E-state index in [1.165, 1.54) is 11.1 Å². The highest BCUT2D eigenvalue weighted by molar-refractivity contribution is 6.20. The molecule has 2 rings (SSSR count). The van der Waals surface area contributed by atoms with Gasteiger partial charge in [-0.3, -0.25) is 0 Å². The minimum Gasteiger partial charge on any atom is -0.123 e. The van der Waals surface area contributed by atoms with Crippen molar-refractivity contribution in [2.75, 3.05) is 0 Å². The van der Waals surface area contributed by atoms with Crippen LogP contribution >= 0.6 is 11.6 Å². The highest BCUT2D eigenvalue weighted by Gasteiger charge is 2.23. The molecule has 0 bridgehead atoms. The van der Waals surface area contributed by atoms with Gasteiger partial charge < -0.3 is 0 Å². The van der Waals surface area contributed by atoms with Crippen LogP contribution < -0.4 is 0 Å². The average Bonchev–Trinajstić information content (AvgIpc) is 2.25. The molecule has 0 nitrogen and oxygen atoms in total. The normalized spacial score (nSPS) is 26.6. The van der Waals surface area contributed by atoms with Gasteiger partial charge in [-0.1, -0.05) is 42.5 Å². The van der Waals surface area contributed by atoms with E-state index >= 15 is 0 Å². The van der Waals surface area contributed by atoms with Crippen LogP contribution in [-0.4, -0.2) is 5.38 Å². The largest absolute Gasteiger partial charge is 0.123 e. The Hall–Kier alpha value is -0.750. The summed E-state index contributed by atoms with van der Waals surface area (Å²) >= 11 is 6.20. The first-order chi connectivity index (χ1) is 7.25. The van der Waals surface area contributed by atoms with Gasteiger partial charge in [0.25, 0.3) is 0 Å². The fraction of sp³-hybridized carbons (Fsp3) is 0.429. The third-order valence-electron chi connectivity index (χ3n) is 3.22. The molecule has 1 saturated carbocycles. The van der Waals surface area contributed by atoms with E-state index in [1.807, 2.05) is 0 Å². The summed E-state index contributed by atoms with van der Waals surface area (Å²) in [5.41, 5.74) is 2.78. The van der Waals surface area contributed by atoms with Gasteiger partial charge in [-0.2, -0.15) is 0 Å². The first-order valence-corrected chi connectivity index (χ1v) is 6.05. The molecule has 0 heterocycles. The summed E-state index contributed by atoms with van der Waals surface area (Å²) < 4.78 is 0. The highest BCUT2D eigenvalue weighted by Crippen LogP contribution is 2.33. The zero-order valence-corrected chi connectivity index (χ0v) is 9.71. The minimum atomic E-state index is 0.351. The van der Waals surface area contributed by atoms with E-state index in [-0.39, 0.29) is 0 Å². The van der Waals surface area contributed by atoms with Crippen molar-refractivity contribution in [2.45, 2.75) is 31.1 Å². The SMILES string of the molecule is C=C1CCC(Cl)CC1Cc1ccccc1. The molecule has 1 heteroatoms. The molecule has 1 aliphatic rings. The maximum absolute atomic E-state index is 6.20. The molecule has 0 aromatic heterocycles. The van der Waals surface area contributed by atoms with E-state index in [9.17, 15) is 0 Å². The van der Waals surface area contributed by atoms with Crippen LogP contribution in [0, 0.1) is 5.92 Å². The molecule has 0 aliphatic heterocycles. The number of benzene rings is 1. The lowest BCUT2D eigenvalue weighted by Gasteiger charge is -2.28. The van der Waals surface area contributed by atoms with E-state index in [1.54, 1.807) is 0 Å². The zero-order chi connectivity index (χ0) is 10.7. The van der Waals surface area contributed by atoms with Crippen LogP contribution in [0.15, 0.2) is 42.5 Å². The maximum atomic E-state index is 6.20. The number of hydrogen-bond donors (Lipinski definition) is 0. The van der Waals surface area contributed by atoms with Crippen molar-refractivity contribution in [2.24, 2.45) is 5.92 Å². The summed E-state index contributed by atoms with van der Waals surface area (Å²) in [6.07, 6.45) is 4.40. The summed E-state index contributed by atoms with van der Waals surface area (Å²) in [7, 11) is 0. The number of rotatable bonds is 2. The van der Waals surface area contributed by atoms with E-state index in [0.717, 1.165) is 25.7 Å². The summed E-state index contributed by atoms with van der Waals surface area (Å²) in [5, 5.41) is 0.351. The molecule has 1 aromatic rings. The minimum absolute atomic E-state index is 0.351. The predicted molar refractivity (Wildman–Crippen MR) is 66.3 cm³/mol. The monoisotopic (exact) mass is 220 g/mol. The molecular formula is C14H17Cl. The van der Waals surface area contributed by atoms with Gasteiger partial charge in [0.15, 0.2) is 0 Å². The van der Waals surface area contributed by atoms with Crippen LogP contribution in [0.3, 0.4) is 0 Å². The van der Waals surface area contributed by atoms with E-state index in [0.29, 0.717) is 11.3 Å². The van der Waals surface area contributed by atoms with Gasteiger partial charge >= 0.3 is 0 Å². The van der Waals surface area contributed by atoms with Crippen LogP contribution in [0.25, 0.3) is 0 Å². The first-order valence-electron chi connectivity index (χ1n) is 5.61. The number of hydrogen-bond acceptors (Lipinski definition) is 0. The van der Waals surface area contributed by atoms with Crippen molar-refractivity contribution in [1.82, 2.24) is 0 Å². The fourth-order valence-electron chi connectivity index (χ4n) is 2.27. The lowest BCUT2D eigenvalue weighted by Crippen LogP contribution is -2.19. The molecule has 1 fully saturated rings. The molecule has 2 unspecified atom stereocenters. The smallest absolute Gasteiger partial charge is 0.0344 e. The topological polar surface area (TPSA) is 0 Å². The second-order valence-corrected chi connectivity index (χ2v) is 5.03. The molecule has 0 saturated heterocycles. The van der Waals surface area contributed by atoms with E-state index in [4.69, 9.17) is 11.6 Å². The first kappa shape index (κ1) is 10.8. The Bertz CT molecular complexity index is 328. The number of allylic oxidation sites excluding steroid dienone is 1. The van der Waals surface area contributed by atoms with Crippen molar-refractivity contribution in [3.8, 4) is 0 Å². The molecule has 80 valence electrons. The molecule has 1 aliphatic carbocycles. The van der Waals surface area contributed by atoms with Gasteiger partial charge in [-0.25, -0.2) is 0 Å². The van der Waals surface area contributed by atoms with Gasteiger partial charge in [0, 0.05) is 5.38 Å². The van der Waals surface area contributed by atoms with Crippen molar-refractivity contribution in [3.63, 3.8) is 0 Å². The molecule has 0 amide bonds. The Morgan fingerprint density at radius 2 is 2.00 bits per heavy atom. The third kappa shape index (κ3) is 2.85. The Labute approximate surface area is 97.0 Å². The van der Waals surface area contributed by atoms with Crippen molar-refractivity contribution < 1.29 is 0 Å². The van der Waals surface area contributed by atoms with Gasteiger partial charge in [-0.05, 0) is 37.2 Å².